The number of hydrogen-bond donors (Lipinski definition) is 2. The summed E-state index contributed by atoms with van der Waals surface area (Å²) in [6, 6.07) is 6.76. The second kappa shape index (κ2) is 8.49. The molecule has 6 nitrogen and oxygen atoms in total. The Morgan fingerprint density at radius 2 is 2.05 bits per heavy atom. The first-order chi connectivity index (χ1) is 9.69. The lowest BCUT2D eigenvalue weighted by molar-refractivity contribution is -0.142. The SMILES string of the molecule is COC(=O)COc1ccc(NC(=O)[C@@H]2CCCN2)cc1.Cl. The third-order valence-corrected chi connectivity index (χ3v) is 3.08. The Morgan fingerprint density at radius 1 is 1.33 bits per heavy atom. The minimum Gasteiger partial charge on any atom is -0.482 e. The van der Waals surface area contributed by atoms with Gasteiger partial charge in [0, 0.05) is 5.69 Å². The predicted molar refractivity (Wildman–Crippen MR) is 80.9 cm³/mol. The number of carbonyl (C=O) groups is 2. The number of rotatable bonds is 5. The van der Waals surface area contributed by atoms with Crippen molar-refractivity contribution in [2.75, 3.05) is 25.6 Å². The number of halogens is 1. The fourth-order valence-corrected chi connectivity index (χ4v) is 1.97. The number of carbonyl (C=O) groups excluding carboxylic acids is 2. The van der Waals surface area contributed by atoms with Crippen molar-refractivity contribution in [2.24, 2.45) is 0 Å². The highest BCUT2D eigenvalue weighted by atomic mass is 35.5. The maximum atomic E-state index is 11.9. The quantitative estimate of drug-likeness (QED) is 0.802. The van der Waals surface area contributed by atoms with Gasteiger partial charge in [0.25, 0.3) is 0 Å². The molecule has 21 heavy (non-hydrogen) atoms. The molecule has 1 aliphatic heterocycles. The van der Waals surface area contributed by atoms with Crippen molar-refractivity contribution in [3.8, 4) is 5.75 Å². The Balaban J connectivity index is 0.00000220. The highest BCUT2D eigenvalue weighted by Crippen LogP contribution is 2.16. The monoisotopic (exact) mass is 314 g/mol. The second-order valence-corrected chi connectivity index (χ2v) is 4.53. The molecule has 1 aliphatic rings. The van der Waals surface area contributed by atoms with E-state index in [1.54, 1.807) is 24.3 Å². The Labute approximate surface area is 129 Å². The van der Waals surface area contributed by atoms with Crippen LogP contribution in [0.4, 0.5) is 5.69 Å². The van der Waals surface area contributed by atoms with E-state index >= 15 is 0 Å². The van der Waals surface area contributed by atoms with Crippen molar-refractivity contribution in [1.29, 1.82) is 0 Å². The molecule has 0 aliphatic carbocycles. The zero-order valence-electron chi connectivity index (χ0n) is 11.8. The Bertz CT molecular complexity index is 472. The minimum atomic E-state index is -0.435. The molecule has 0 saturated carbocycles. The van der Waals surface area contributed by atoms with Crippen molar-refractivity contribution in [3.63, 3.8) is 0 Å². The average Bonchev–Trinajstić information content (AvgIpc) is 3.00. The highest BCUT2D eigenvalue weighted by Gasteiger charge is 2.21. The summed E-state index contributed by atoms with van der Waals surface area (Å²) < 4.78 is 9.70. The first-order valence-electron chi connectivity index (χ1n) is 6.53. The molecule has 1 aromatic rings. The van der Waals surface area contributed by atoms with Gasteiger partial charge >= 0.3 is 5.97 Å². The van der Waals surface area contributed by atoms with Gasteiger partial charge in [0.15, 0.2) is 6.61 Å². The number of ether oxygens (including phenoxy) is 2. The first kappa shape index (κ1) is 17.3. The Morgan fingerprint density at radius 3 is 2.62 bits per heavy atom. The molecule has 0 radical (unpaired) electrons. The lowest BCUT2D eigenvalue weighted by Gasteiger charge is -2.11. The number of anilines is 1. The standard InChI is InChI=1S/C14H18N2O4.ClH/c1-19-13(17)9-20-11-6-4-10(5-7-11)16-14(18)12-3-2-8-15-12;/h4-7,12,15H,2-3,8-9H2,1H3,(H,16,18);1H/t12-;/m0./s1. The van der Waals surface area contributed by atoms with Crippen LogP contribution >= 0.6 is 12.4 Å². The first-order valence-corrected chi connectivity index (χ1v) is 6.53. The van der Waals surface area contributed by atoms with E-state index in [9.17, 15) is 9.59 Å². The molecule has 0 aromatic heterocycles. The lowest BCUT2D eigenvalue weighted by Crippen LogP contribution is -2.35. The van der Waals surface area contributed by atoms with Crippen molar-refractivity contribution in [2.45, 2.75) is 18.9 Å². The van der Waals surface area contributed by atoms with Crippen LogP contribution < -0.4 is 15.4 Å². The Hall–Kier alpha value is -1.79. The Kier molecular flexibility index (Phi) is 6.98. The van der Waals surface area contributed by atoms with Gasteiger partial charge in [-0.25, -0.2) is 4.79 Å². The number of hydrogen-bond acceptors (Lipinski definition) is 5. The van der Waals surface area contributed by atoms with E-state index in [0.717, 1.165) is 19.4 Å². The zero-order valence-corrected chi connectivity index (χ0v) is 12.6. The number of nitrogens with one attached hydrogen (secondary N) is 2. The summed E-state index contributed by atoms with van der Waals surface area (Å²) in [5, 5.41) is 5.98. The van der Waals surface area contributed by atoms with E-state index in [0.29, 0.717) is 11.4 Å². The van der Waals surface area contributed by atoms with E-state index in [1.807, 2.05) is 0 Å². The van der Waals surface area contributed by atoms with Gasteiger partial charge in [-0.05, 0) is 43.7 Å². The van der Waals surface area contributed by atoms with Gasteiger partial charge in [-0.2, -0.15) is 0 Å². The maximum Gasteiger partial charge on any atom is 0.343 e. The molecule has 7 heteroatoms. The van der Waals surface area contributed by atoms with Crippen molar-refractivity contribution in [3.05, 3.63) is 24.3 Å². The van der Waals surface area contributed by atoms with Gasteiger partial charge in [0.05, 0.1) is 13.2 Å². The minimum absolute atomic E-state index is 0. The number of esters is 1. The summed E-state index contributed by atoms with van der Waals surface area (Å²) in [6.07, 6.45) is 1.89. The molecule has 2 rings (SSSR count). The van der Waals surface area contributed by atoms with Gasteiger partial charge in [-0.1, -0.05) is 0 Å². The molecular formula is C14H19ClN2O4. The topological polar surface area (TPSA) is 76.7 Å². The molecular weight excluding hydrogens is 296 g/mol. The summed E-state index contributed by atoms with van der Waals surface area (Å²) in [6.45, 7) is 0.757. The van der Waals surface area contributed by atoms with Crippen LogP contribution in [-0.2, 0) is 14.3 Å². The van der Waals surface area contributed by atoms with Crippen LogP contribution in [0.5, 0.6) is 5.75 Å². The third kappa shape index (κ3) is 5.24. The largest absolute Gasteiger partial charge is 0.482 e. The molecule has 1 atom stereocenters. The molecule has 116 valence electrons. The van der Waals surface area contributed by atoms with Gasteiger partial charge in [0.2, 0.25) is 5.91 Å². The van der Waals surface area contributed by atoms with Gasteiger partial charge in [-0.15, -0.1) is 12.4 Å². The van der Waals surface area contributed by atoms with Crippen LogP contribution in [0.3, 0.4) is 0 Å². The summed E-state index contributed by atoms with van der Waals surface area (Å²) in [5.74, 6) is 0.0906. The number of methoxy groups -OCH3 is 1. The maximum absolute atomic E-state index is 11.9. The van der Waals surface area contributed by atoms with Crippen LogP contribution in [0, 0.1) is 0 Å². The van der Waals surface area contributed by atoms with Crippen LogP contribution in [-0.4, -0.2) is 38.2 Å². The van der Waals surface area contributed by atoms with E-state index in [4.69, 9.17) is 4.74 Å². The van der Waals surface area contributed by atoms with Crippen LogP contribution in [0.25, 0.3) is 0 Å². The van der Waals surface area contributed by atoms with Crippen LogP contribution in [0.15, 0.2) is 24.3 Å². The summed E-state index contributed by atoms with van der Waals surface area (Å²) in [5.41, 5.74) is 0.703. The molecule has 1 heterocycles. The van der Waals surface area contributed by atoms with Gasteiger partial charge in [-0.3, -0.25) is 4.79 Å². The second-order valence-electron chi connectivity index (χ2n) is 4.53. The summed E-state index contributed by atoms with van der Waals surface area (Å²) in [7, 11) is 1.31. The predicted octanol–water partition coefficient (Wildman–Crippen LogP) is 1.35. The molecule has 0 unspecified atom stereocenters. The average molecular weight is 315 g/mol. The molecule has 1 fully saturated rings. The summed E-state index contributed by atoms with van der Waals surface area (Å²) in [4.78, 5) is 22.8. The lowest BCUT2D eigenvalue weighted by atomic mass is 10.2. The van der Waals surface area contributed by atoms with Crippen LogP contribution in [0.1, 0.15) is 12.8 Å². The molecule has 0 spiro atoms. The van der Waals surface area contributed by atoms with Gasteiger partial charge < -0.3 is 20.1 Å². The fraction of sp³-hybridized carbons (Fsp3) is 0.429. The number of amides is 1. The van der Waals surface area contributed by atoms with Gasteiger partial charge in [0.1, 0.15) is 5.75 Å². The molecule has 1 saturated heterocycles. The zero-order chi connectivity index (χ0) is 14.4. The normalized spacial score (nSPS) is 16.7. The van der Waals surface area contributed by atoms with E-state index in [2.05, 4.69) is 15.4 Å². The molecule has 1 amide bonds. The van der Waals surface area contributed by atoms with Crippen LogP contribution in [0.2, 0.25) is 0 Å². The van der Waals surface area contributed by atoms with E-state index < -0.39 is 5.97 Å². The third-order valence-electron chi connectivity index (χ3n) is 3.08. The summed E-state index contributed by atoms with van der Waals surface area (Å²) >= 11 is 0. The molecule has 2 N–H and O–H groups in total. The molecule has 1 aromatic carbocycles. The van der Waals surface area contributed by atoms with Crippen molar-refractivity contribution in [1.82, 2.24) is 5.32 Å². The number of benzene rings is 1. The van der Waals surface area contributed by atoms with Crippen molar-refractivity contribution < 1.29 is 19.1 Å². The smallest absolute Gasteiger partial charge is 0.343 e. The van der Waals surface area contributed by atoms with E-state index in [-0.39, 0.29) is 31.0 Å². The molecule has 0 bridgehead atoms. The highest BCUT2D eigenvalue weighted by molar-refractivity contribution is 5.95. The fourth-order valence-electron chi connectivity index (χ4n) is 1.97. The van der Waals surface area contributed by atoms with E-state index in [1.165, 1.54) is 7.11 Å². The van der Waals surface area contributed by atoms with Crippen molar-refractivity contribution >= 4 is 30.0 Å².